The first-order valence-electron chi connectivity index (χ1n) is 8.19. The molecular weight excluding hydrogens is 372 g/mol. The van der Waals surface area contributed by atoms with Gasteiger partial charge in [-0.3, -0.25) is 0 Å². The average Bonchev–Trinajstić information content (AvgIpc) is 2.68. The zero-order valence-corrected chi connectivity index (χ0v) is 15.5. The molecule has 0 heterocycles. The van der Waals surface area contributed by atoms with Crippen molar-refractivity contribution in [2.75, 3.05) is 7.11 Å². The fourth-order valence-electron chi connectivity index (χ4n) is 3.28. The summed E-state index contributed by atoms with van der Waals surface area (Å²) in [6.45, 7) is 0. The van der Waals surface area contributed by atoms with Crippen LogP contribution in [0.5, 0.6) is 5.75 Å². The third-order valence-electron chi connectivity index (χ3n) is 4.48. The van der Waals surface area contributed by atoms with E-state index in [1.54, 1.807) is 7.11 Å². The van der Waals surface area contributed by atoms with Gasteiger partial charge in [0, 0.05) is 10.0 Å². The van der Waals surface area contributed by atoms with Crippen molar-refractivity contribution in [2.45, 2.75) is 0 Å². The zero-order chi connectivity index (χ0) is 17.2. The van der Waals surface area contributed by atoms with Crippen molar-refractivity contribution in [3.8, 4) is 28.0 Å². The lowest BCUT2D eigenvalue weighted by Crippen LogP contribution is -1.90. The molecule has 4 aromatic rings. The highest BCUT2D eigenvalue weighted by Crippen LogP contribution is 2.39. The summed E-state index contributed by atoms with van der Waals surface area (Å²) in [5.74, 6) is 0.893. The molecule has 0 unspecified atom stereocenters. The monoisotopic (exact) mass is 388 g/mol. The molecular formula is C23H17BrO. The first-order valence-corrected chi connectivity index (χ1v) is 8.98. The molecule has 4 rings (SSSR count). The van der Waals surface area contributed by atoms with Gasteiger partial charge in [0.25, 0.3) is 0 Å². The molecule has 0 saturated heterocycles. The Hall–Kier alpha value is -2.58. The van der Waals surface area contributed by atoms with E-state index in [2.05, 4.69) is 88.7 Å². The summed E-state index contributed by atoms with van der Waals surface area (Å²) in [5, 5.41) is 2.47. The van der Waals surface area contributed by atoms with E-state index in [0.717, 1.165) is 15.8 Å². The minimum atomic E-state index is 0.893. The van der Waals surface area contributed by atoms with E-state index in [4.69, 9.17) is 4.74 Å². The number of hydrogen-bond acceptors (Lipinski definition) is 1. The number of benzene rings is 4. The van der Waals surface area contributed by atoms with Gasteiger partial charge in [0.05, 0.1) is 7.11 Å². The number of hydrogen-bond donors (Lipinski definition) is 0. The molecule has 0 aliphatic rings. The standard InChI is InChI=1S/C23H17BrO/c1-25-23-9-5-4-8-22(23)21-15-14-18(16-10-12-17(24)13-11-16)19-6-2-3-7-20(19)21/h2-15H,1H3. The molecule has 2 heteroatoms. The fraction of sp³-hybridized carbons (Fsp3) is 0.0435. The number of ether oxygens (including phenoxy) is 1. The van der Waals surface area contributed by atoms with E-state index in [1.165, 1.54) is 27.5 Å². The number of para-hydroxylation sites is 1. The molecule has 122 valence electrons. The highest BCUT2D eigenvalue weighted by Gasteiger charge is 2.12. The van der Waals surface area contributed by atoms with Gasteiger partial charge in [-0.15, -0.1) is 0 Å². The van der Waals surface area contributed by atoms with Crippen LogP contribution in [0.2, 0.25) is 0 Å². The Labute approximate surface area is 156 Å². The number of fused-ring (bicyclic) bond motifs is 1. The molecule has 0 aliphatic heterocycles. The van der Waals surface area contributed by atoms with Gasteiger partial charge < -0.3 is 4.74 Å². The average molecular weight is 389 g/mol. The summed E-state index contributed by atoms with van der Waals surface area (Å²) < 4.78 is 6.66. The third kappa shape index (κ3) is 2.94. The van der Waals surface area contributed by atoms with Crippen molar-refractivity contribution >= 4 is 26.7 Å². The molecule has 0 spiro atoms. The Morgan fingerprint density at radius 3 is 1.92 bits per heavy atom. The van der Waals surface area contributed by atoms with Crippen LogP contribution in [0.25, 0.3) is 33.0 Å². The maximum Gasteiger partial charge on any atom is 0.126 e. The maximum atomic E-state index is 5.57. The zero-order valence-electron chi connectivity index (χ0n) is 13.9. The topological polar surface area (TPSA) is 9.23 Å². The second kappa shape index (κ2) is 6.73. The molecule has 25 heavy (non-hydrogen) atoms. The van der Waals surface area contributed by atoms with Crippen LogP contribution in [0, 0.1) is 0 Å². The Morgan fingerprint density at radius 2 is 1.20 bits per heavy atom. The van der Waals surface area contributed by atoms with Gasteiger partial charge in [0.15, 0.2) is 0 Å². The quantitative estimate of drug-likeness (QED) is 0.369. The number of methoxy groups -OCH3 is 1. The Kier molecular flexibility index (Phi) is 4.29. The van der Waals surface area contributed by atoms with E-state index in [9.17, 15) is 0 Å². The highest BCUT2D eigenvalue weighted by molar-refractivity contribution is 9.10. The SMILES string of the molecule is COc1ccccc1-c1ccc(-c2ccc(Br)cc2)c2ccccc12. The van der Waals surface area contributed by atoms with Crippen molar-refractivity contribution in [3.63, 3.8) is 0 Å². The van der Waals surface area contributed by atoms with Crippen molar-refractivity contribution in [2.24, 2.45) is 0 Å². The first kappa shape index (κ1) is 15.9. The molecule has 4 aromatic carbocycles. The molecule has 0 amide bonds. The van der Waals surface area contributed by atoms with Crippen molar-refractivity contribution in [3.05, 3.63) is 89.4 Å². The largest absolute Gasteiger partial charge is 0.496 e. The normalized spacial score (nSPS) is 10.8. The smallest absolute Gasteiger partial charge is 0.126 e. The van der Waals surface area contributed by atoms with E-state index in [-0.39, 0.29) is 0 Å². The number of rotatable bonds is 3. The van der Waals surface area contributed by atoms with Gasteiger partial charge >= 0.3 is 0 Å². The second-order valence-corrected chi connectivity index (χ2v) is 6.83. The predicted octanol–water partition coefficient (Wildman–Crippen LogP) is 6.94. The summed E-state index contributed by atoms with van der Waals surface area (Å²) in [7, 11) is 1.72. The molecule has 0 N–H and O–H groups in total. The third-order valence-corrected chi connectivity index (χ3v) is 5.01. The lowest BCUT2D eigenvalue weighted by molar-refractivity contribution is 0.416. The number of halogens is 1. The second-order valence-electron chi connectivity index (χ2n) is 5.91. The lowest BCUT2D eigenvalue weighted by atomic mass is 9.92. The lowest BCUT2D eigenvalue weighted by Gasteiger charge is -2.14. The van der Waals surface area contributed by atoms with Crippen LogP contribution in [-0.4, -0.2) is 7.11 Å². The van der Waals surface area contributed by atoms with E-state index in [0.29, 0.717) is 0 Å². The Balaban J connectivity index is 1.98. The molecule has 0 aromatic heterocycles. The van der Waals surface area contributed by atoms with Crippen molar-refractivity contribution in [1.82, 2.24) is 0 Å². The molecule has 0 fully saturated rings. The first-order chi connectivity index (χ1) is 12.3. The summed E-state index contributed by atoms with van der Waals surface area (Å²) in [4.78, 5) is 0. The molecule has 0 radical (unpaired) electrons. The summed E-state index contributed by atoms with van der Waals surface area (Å²) in [6.07, 6.45) is 0. The Bertz CT molecular complexity index is 1040. The van der Waals surface area contributed by atoms with Crippen LogP contribution >= 0.6 is 15.9 Å². The van der Waals surface area contributed by atoms with Gasteiger partial charge in [-0.2, -0.15) is 0 Å². The summed E-state index contributed by atoms with van der Waals surface area (Å²) >= 11 is 3.51. The van der Waals surface area contributed by atoms with Crippen LogP contribution < -0.4 is 4.74 Å². The molecule has 0 bridgehead atoms. The van der Waals surface area contributed by atoms with Crippen LogP contribution in [0.15, 0.2) is 89.4 Å². The summed E-state index contributed by atoms with van der Waals surface area (Å²) in [5.41, 5.74) is 4.75. The van der Waals surface area contributed by atoms with Gasteiger partial charge in [-0.1, -0.05) is 82.7 Å². The van der Waals surface area contributed by atoms with Crippen LogP contribution in [0.3, 0.4) is 0 Å². The van der Waals surface area contributed by atoms with Gasteiger partial charge in [0.2, 0.25) is 0 Å². The highest BCUT2D eigenvalue weighted by atomic mass is 79.9. The van der Waals surface area contributed by atoms with Crippen LogP contribution in [0.4, 0.5) is 0 Å². The van der Waals surface area contributed by atoms with E-state index >= 15 is 0 Å². The van der Waals surface area contributed by atoms with E-state index < -0.39 is 0 Å². The predicted molar refractivity (Wildman–Crippen MR) is 109 cm³/mol. The molecule has 0 aliphatic carbocycles. The molecule has 0 atom stereocenters. The molecule has 0 saturated carbocycles. The van der Waals surface area contributed by atoms with Gasteiger partial charge in [0.1, 0.15) is 5.75 Å². The van der Waals surface area contributed by atoms with Crippen molar-refractivity contribution in [1.29, 1.82) is 0 Å². The minimum absolute atomic E-state index is 0.893. The maximum absolute atomic E-state index is 5.57. The van der Waals surface area contributed by atoms with Crippen LogP contribution in [0.1, 0.15) is 0 Å². The Morgan fingerprint density at radius 1 is 0.600 bits per heavy atom. The molecule has 1 nitrogen and oxygen atoms in total. The van der Waals surface area contributed by atoms with Gasteiger partial charge in [-0.25, -0.2) is 0 Å². The van der Waals surface area contributed by atoms with E-state index in [1.807, 2.05) is 12.1 Å². The minimum Gasteiger partial charge on any atom is -0.496 e. The van der Waals surface area contributed by atoms with Gasteiger partial charge in [-0.05, 0) is 45.7 Å². The summed E-state index contributed by atoms with van der Waals surface area (Å²) in [6, 6.07) is 29.6. The fourth-order valence-corrected chi connectivity index (χ4v) is 3.55. The van der Waals surface area contributed by atoms with Crippen LogP contribution in [-0.2, 0) is 0 Å². The van der Waals surface area contributed by atoms with Crippen molar-refractivity contribution < 1.29 is 4.74 Å².